The highest BCUT2D eigenvalue weighted by molar-refractivity contribution is 7.09. The van der Waals surface area contributed by atoms with Gasteiger partial charge in [0.1, 0.15) is 0 Å². The molecule has 1 fully saturated rings. The van der Waals surface area contributed by atoms with Gasteiger partial charge in [-0.3, -0.25) is 4.79 Å². The summed E-state index contributed by atoms with van der Waals surface area (Å²) >= 11 is 1.60. The van der Waals surface area contributed by atoms with Crippen molar-refractivity contribution in [1.29, 1.82) is 0 Å². The van der Waals surface area contributed by atoms with E-state index in [0.717, 1.165) is 17.7 Å². The minimum atomic E-state index is -0.261. The normalized spacial score (nSPS) is 13.5. The number of benzene rings is 1. The van der Waals surface area contributed by atoms with Crippen molar-refractivity contribution in [2.24, 2.45) is 0 Å². The zero-order valence-electron chi connectivity index (χ0n) is 12.0. The standard InChI is InChI=1S/C16H17N3O2S/c20-15(18-12-7-8-12)11-3-5-13(6-4-11)19-16(21)17-10-14-2-1-9-22-14/h1-6,9,12H,7-8,10H2,(H,18,20)(H2,17,19,21). The molecule has 0 spiro atoms. The molecule has 5 nitrogen and oxygen atoms in total. The summed E-state index contributed by atoms with van der Waals surface area (Å²) in [5, 5.41) is 10.4. The maximum Gasteiger partial charge on any atom is 0.319 e. The predicted octanol–water partition coefficient (Wildman–Crippen LogP) is 2.96. The number of nitrogens with one attached hydrogen (secondary N) is 3. The van der Waals surface area contributed by atoms with Gasteiger partial charge in [-0.1, -0.05) is 6.07 Å². The topological polar surface area (TPSA) is 70.2 Å². The highest BCUT2D eigenvalue weighted by Gasteiger charge is 2.23. The monoisotopic (exact) mass is 315 g/mol. The number of thiophene rings is 1. The Morgan fingerprint density at radius 3 is 2.55 bits per heavy atom. The van der Waals surface area contributed by atoms with E-state index in [9.17, 15) is 9.59 Å². The molecule has 0 saturated heterocycles. The van der Waals surface area contributed by atoms with Crippen LogP contribution >= 0.6 is 11.3 Å². The molecule has 114 valence electrons. The van der Waals surface area contributed by atoms with Crippen LogP contribution in [0.3, 0.4) is 0 Å². The lowest BCUT2D eigenvalue weighted by molar-refractivity contribution is 0.0951. The smallest absolute Gasteiger partial charge is 0.319 e. The zero-order valence-corrected chi connectivity index (χ0v) is 12.8. The van der Waals surface area contributed by atoms with Crippen LogP contribution in [-0.2, 0) is 6.54 Å². The molecule has 3 amide bonds. The molecule has 22 heavy (non-hydrogen) atoms. The van der Waals surface area contributed by atoms with Gasteiger partial charge in [0.2, 0.25) is 0 Å². The quantitative estimate of drug-likeness (QED) is 0.794. The minimum absolute atomic E-state index is 0.0591. The molecule has 1 heterocycles. The van der Waals surface area contributed by atoms with E-state index >= 15 is 0 Å². The van der Waals surface area contributed by atoms with Crippen molar-refractivity contribution in [1.82, 2.24) is 10.6 Å². The lowest BCUT2D eigenvalue weighted by Gasteiger charge is -2.08. The molecule has 1 aromatic heterocycles. The highest BCUT2D eigenvalue weighted by Crippen LogP contribution is 2.19. The number of hydrogen-bond donors (Lipinski definition) is 3. The van der Waals surface area contributed by atoms with Crippen LogP contribution < -0.4 is 16.0 Å². The molecule has 0 aliphatic heterocycles. The fourth-order valence-electron chi connectivity index (χ4n) is 1.96. The first-order chi connectivity index (χ1) is 10.7. The van der Waals surface area contributed by atoms with E-state index in [-0.39, 0.29) is 11.9 Å². The third-order valence-corrected chi connectivity index (χ3v) is 4.20. The first-order valence-electron chi connectivity index (χ1n) is 7.19. The number of amides is 3. The van der Waals surface area contributed by atoms with Gasteiger partial charge in [0.25, 0.3) is 5.91 Å². The first-order valence-corrected chi connectivity index (χ1v) is 8.07. The Labute approximate surface area is 132 Å². The van der Waals surface area contributed by atoms with E-state index in [1.54, 1.807) is 35.6 Å². The van der Waals surface area contributed by atoms with Crippen molar-refractivity contribution >= 4 is 29.0 Å². The van der Waals surface area contributed by atoms with Crippen molar-refractivity contribution in [2.75, 3.05) is 5.32 Å². The minimum Gasteiger partial charge on any atom is -0.349 e. The van der Waals surface area contributed by atoms with Gasteiger partial charge in [0.05, 0.1) is 6.54 Å². The van der Waals surface area contributed by atoms with Crippen LogP contribution in [0.1, 0.15) is 28.1 Å². The van der Waals surface area contributed by atoms with E-state index < -0.39 is 0 Å². The van der Waals surface area contributed by atoms with Crippen molar-refractivity contribution in [2.45, 2.75) is 25.4 Å². The van der Waals surface area contributed by atoms with Gasteiger partial charge in [-0.2, -0.15) is 0 Å². The van der Waals surface area contributed by atoms with E-state index in [2.05, 4.69) is 16.0 Å². The van der Waals surface area contributed by atoms with Gasteiger partial charge >= 0.3 is 6.03 Å². The third-order valence-electron chi connectivity index (χ3n) is 3.32. The summed E-state index contributed by atoms with van der Waals surface area (Å²) in [4.78, 5) is 24.7. The van der Waals surface area contributed by atoms with E-state index in [0.29, 0.717) is 23.8 Å². The molecule has 1 saturated carbocycles. The molecular formula is C16H17N3O2S. The van der Waals surface area contributed by atoms with Gasteiger partial charge in [0.15, 0.2) is 0 Å². The van der Waals surface area contributed by atoms with Gasteiger partial charge in [-0.25, -0.2) is 4.79 Å². The number of carbonyl (C=O) groups excluding carboxylic acids is 2. The van der Waals surface area contributed by atoms with Crippen molar-refractivity contribution in [3.8, 4) is 0 Å². The summed E-state index contributed by atoms with van der Waals surface area (Å²) in [7, 11) is 0. The molecule has 0 atom stereocenters. The Morgan fingerprint density at radius 2 is 1.91 bits per heavy atom. The summed E-state index contributed by atoms with van der Waals surface area (Å²) in [6.07, 6.45) is 2.13. The Kier molecular flexibility index (Phi) is 4.39. The van der Waals surface area contributed by atoms with Crippen LogP contribution in [0, 0.1) is 0 Å². The van der Waals surface area contributed by atoms with Gasteiger partial charge in [-0.15, -0.1) is 11.3 Å². The second-order valence-corrected chi connectivity index (χ2v) is 6.24. The average Bonchev–Trinajstić information content (AvgIpc) is 3.17. The van der Waals surface area contributed by atoms with Crippen LogP contribution in [0.2, 0.25) is 0 Å². The molecule has 6 heteroatoms. The van der Waals surface area contributed by atoms with Crippen LogP contribution in [0.15, 0.2) is 41.8 Å². The van der Waals surface area contributed by atoms with E-state index in [1.807, 2.05) is 17.5 Å². The maximum atomic E-state index is 11.9. The second kappa shape index (κ2) is 6.62. The number of anilines is 1. The fourth-order valence-corrected chi connectivity index (χ4v) is 2.60. The van der Waals surface area contributed by atoms with Gasteiger partial charge in [-0.05, 0) is 48.6 Å². The lowest BCUT2D eigenvalue weighted by atomic mass is 10.2. The Balaban J connectivity index is 1.49. The third kappa shape index (κ3) is 4.08. The first kappa shape index (κ1) is 14.6. The summed E-state index contributed by atoms with van der Waals surface area (Å²) in [5.74, 6) is -0.0591. The van der Waals surface area contributed by atoms with Crippen molar-refractivity contribution < 1.29 is 9.59 Å². The Hall–Kier alpha value is -2.34. The number of rotatable bonds is 5. The summed E-state index contributed by atoms with van der Waals surface area (Å²) in [5.41, 5.74) is 1.27. The summed E-state index contributed by atoms with van der Waals surface area (Å²) in [6.45, 7) is 0.505. The summed E-state index contributed by atoms with van der Waals surface area (Å²) < 4.78 is 0. The second-order valence-electron chi connectivity index (χ2n) is 5.21. The predicted molar refractivity (Wildman–Crippen MR) is 87.1 cm³/mol. The SMILES string of the molecule is O=C(NCc1cccs1)Nc1ccc(C(=O)NC2CC2)cc1. The molecular weight excluding hydrogens is 298 g/mol. The molecule has 2 aromatic rings. The molecule has 0 bridgehead atoms. The van der Waals surface area contributed by atoms with Gasteiger partial charge < -0.3 is 16.0 Å². The molecule has 0 radical (unpaired) electrons. The molecule has 3 rings (SSSR count). The highest BCUT2D eigenvalue weighted by atomic mass is 32.1. The van der Waals surface area contributed by atoms with Crippen LogP contribution in [0.25, 0.3) is 0 Å². The Morgan fingerprint density at radius 1 is 1.14 bits per heavy atom. The largest absolute Gasteiger partial charge is 0.349 e. The van der Waals surface area contributed by atoms with Crippen LogP contribution in [0.5, 0.6) is 0 Å². The lowest BCUT2D eigenvalue weighted by Crippen LogP contribution is -2.28. The van der Waals surface area contributed by atoms with Crippen LogP contribution in [0.4, 0.5) is 10.5 Å². The zero-order chi connectivity index (χ0) is 15.4. The maximum absolute atomic E-state index is 11.9. The van der Waals surface area contributed by atoms with E-state index in [1.165, 1.54) is 0 Å². The molecule has 0 unspecified atom stereocenters. The van der Waals surface area contributed by atoms with Gasteiger partial charge in [0, 0.05) is 22.2 Å². The van der Waals surface area contributed by atoms with Crippen molar-refractivity contribution in [3.05, 3.63) is 52.2 Å². The van der Waals surface area contributed by atoms with Crippen molar-refractivity contribution in [3.63, 3.8) is 0 Å². The molecule has 3 N–H and O–H groups in total. The molecule has 1 aliphatic carbocycles. The number of urea groups is 1. The number of carbonyl (C=O) groups is 2. The Bertz CT molecular complexity index is 649. The van der Waals surface area contributed by atoms with Crippen LogP contribution in [-0.4, -0.2) is 18.0 Å². The van der Waals surface area contributed by atoms with E-state index in [4.69, 9.17) is 0 Å². The summed E-state index contributed by atoms with van der Waals surface area (Å²) in [6, 6.07) is 10.9. The average molecular weight is 315 g/mol. The number of hydrogen-bond acceptors (Lipinski definition) is 3. The molecule has 1 aromatic carbocycles. The molecule has 1 aliphatic rings. The fraction of sp³-hybridized carbons (Fsp3) is 0.250.